The molecular formula is C23H17Cl2FN4O2. The molecule has 6 nitrogen and oxygen atoms in total. The zero-order valence-electron chi connectivity index (χ0n) is 16.8. The Hall–Kier alpha value is -3.42. The number of likely N-dealkylation sites (N-methyl/N-ethyl adjacent to an activating group) is 1. The van der Waals surface area contributed by atoms with Crippen molar-refractivity contribution in [1.29, 1.82) is 0 Å². The first kappa shape index (κ1) is 21.8. The Morgan fingerprint density at radius 1 is 1.03 bits per heavy atom. The fourth-order valence-corrected chi connectivity index (χ4v) is 3.75. The number of carbonyl (C=O) groups excluding carboxylic acids is 2. The number of amides is 3. The predicted molar refractivity (Wildman–Crippen MR) is 126 cm³/mol. The fraction of sp³-hybridized carbons (Fsp3) is 0.0870. The lowest BCUT2D eigenvalue weighted by atomic mass is 9.99. The van der Waals surface area contributed by atoms with Crippen LogP contribution in [0.25, 0.3) is 0 Å². The molecule has 0 unspecified atom stereocenters. The summed E-state index contributed by atoms with van der Waals surface area (Å²) >= 11 is 12.5. The minimum atomic E-state index is -0.531. The van der Waals surface area contributed by atoms with E-state index in [1.807, 2.05) is 0 Å². The van der Waals surface area contributed by atoms with Gasteiger partial charge < -0.3 is 15.5 Å². The van der Waals surface area contributed by atoms with Crippen LogP contribution in [0.4, 0.5) is 26.2 Å². The van der Waals surface area contributed by atoms with Gasteiger partial charge in [0.25, 0.3) is 0 Å². The number of anilines is 3. The molecule has 0 atom stereocenters. The molecule has 0 bridgehead atoms. The smallest absolute Gasteiger partial charge is 0.313 e. The van der Waals surface area contributed by atoms with E-state index in [0.717, 1.165) is 0 Å². The number of nitrogens with one attached hydrogen (secondary N) is 2. The lowest BCUT2D eigenvalue weighted by Gasteiger charge is -2.21. The largest absolute Gasteiger partial charge is 0.323 e. The molecule has 0 aromatic heterocycles. The van der Waals surface area contributed by atoms with E-state index in [4.69, 9.17) is 23.2 Å². The summed E-state index contributed by atoms with van der Waals surface area (Å²) in [5.41, 5.74) is 2.09. The SMILES string of the molecule is CN1C(=O)CN=C(c2ccccc2F)c2c1ccc(NC(=O)Nc1ccc(Cl)cc1)c2Cl. The van der Waals surface area contributed by atoms with Gasteiger partial charge in [0.05, 0.1) is 22.1 Å². The van der Waals surface area contributed by atoms with E-state index in [2.05, 4.69) is 15.6 Å². The summed E-state index contributed by atoms with van der Waals surface area (Å²) < 4.78 is 14.6. The maximum atomic E-state index is 14.6. The average molecular weight is 471 g/mol. The van der Waals surface area contributed by atoms with Gasteiger partial charge in [-0.1, -0.05) is 35.3 Å². The van der Waals surface area contributed by atoms with E-state index in [-0.39, 0.29) is 34.4 Å². The number of halogens is 3. The fourth-order valence-electron chi connectivity index (χ4n) is 3.32. The second kappa shape index (κ2) is 8.98. The maximum absolute atomic E-state index is 14.6. The van der Waals surface area contributed by atoms with Crippen molar-refractivity contribution in [2.75, 3.05) is 29.1 Å². The highest BCUT2D eigenvalue weighted by molar-refractivity contribution is 6.40. The normalized spacial score (nSPS) is 13.2. The van der Waals surface area contributed by atoms with Gasteiger partial charge in [-0.15, -0.1) is 0 Å². The van der Waals surface area contributed by atoms with Gasteiger partial charge in [-0.2, -0.15) is 0 Å². The summed E-state index contributed by atoms with van der Waals surface area (Å²) in [7, 11) is 1.59. The van der Waals surface area contributed by atoms with Crippen LogP contribution in [0.3, 0.4) is 0 Å². The molecule has 0 radical (unpaired) electrons. The predicted octanol–water partition coefficient (Wildman–Crippen LogP) is 5.59. The number of benzodiazepines with no additional fused rings is 1. The molecule has 3 aromatic rings. The first-order valence-electron chi connectivity index (χ1n) is 9.57. The van der Waals surface area contributed by atoms with Crippen molar-refractivity contribution in [3.8, 4) is 0 Å². The Bertz CT molecular complexity index is 1250. The first-order valence-corrected chi connectivity index (χ1v) is 10.3. The molecule has 1 aliphatic heterocycles. The highest BCUT2D eigenvalue weighted by Crippen LogP contribution is 2.37. The quantitative estimate of drug-likeness (QED) is 0.523. The van der Waals surface area contributed by atoms with Crippen molar-refractivity contribution in [2.24, 2.45) is 4.99 Å². The Morgan fingerprint density at radius 2 is 1.75 bits per heavy atom. The molecule has 0 aliphatic carbocycles. The molecule has 0 saturated heterocycles. The first-order chi connectivity index (χ1) is 15.3. The van der Waals surface area contributed by atoms with Crippen LogP contribution in [0.15, 0.2) is 65.7 Å². The topological polar surface area (TPSA) is 73.8 Å². The minimum absolute atomic E-state index is 0.136. The standard InChI is InChI=1S/C23H17Cl2FN4O2/c1-30-18-11-10-17(29-23(32)28-14-8-6-13(24)7-9-14)21(25)20(18)22(27-12-19(30)31)15-4-2-3-5-16(15)26/h2-11H,12H2,1H3,(H2,28,29,32). The highest BCUT2D eigenvalue weighted by atomic mass is 35.5. The molecule has 0 spiro atoms. The van der Waals surface area contributed by atoms with E-state index >= 15 is 0 Å². The molecule has 0 saturated carbocycles. The van der Waals surface area contributed by atoms with Crippen LogP contribution >= 0.6 is 23.2 Å². The number of aliphatic imine (C=N–C) groups is 1. The van der Waals surface area contributed by atoms with Gasteiger partial charge in [-0.25, -0.2) is 9.18 Å². The van der Waals surface area contributed by atoms with Gasteiger partial charge in [0.15, 0.2) is 0 Å². The van der Waals surface area contributed by atoms with E-state index in [1.165, 1.54) is 11.0 Å². The lowest BCUT2D eigenvalue weighted by molar-refractivity contribution is -0.116. The number of rotatable bonds is 3. The van der Waals surface area contributed by atoms with Crippen molar-refractivity contribution >= 4 is 57.9 Å². The molecule has 2 N–H and O–H groups in total. The molecule has 3 amide bonds. The van der Waals surface area contributed by atoms with Crippen molar-refractivity contribution in [2.45, 2.75) is 0 Å². The third-order valence-corrected chi connectivity index (χ3v) is 5.59. The monoisotopic (exact) mass is 470 g/mol. The van der Waals surface area contributed by atoms with Gasteiger partial charge in [0.2, 0.25) is 5.91 Å². The van der Waals surface area contributed by atoms with Gasteiger partial charge in [-0.05, 0) is 48.5 Å². The Kier molecular flexibility index (Phi) is 6.12. The summed E-state index contributed by atoms with van der Waals surface area (Å²) in [5.74, 6) is -0.765. The average Bonchev–Trinajstić information content (AvgIpc) is 2.89. The van der Waals surface area contributed by atoms with Crippen LogP contribution in [-0.4, -0.2) is 31.2 Å². The summed E-state index contributed by atoms with van der Waals surface area (Å²) in [6, 6.07) is 15.4. The van der Waals surface area contributed by atoms with E-state index in [0.29, 0.717) is 22.0 Å². The summed E-state index contributed by atoms with van der Waals surface area (Å²) in [6.45, 7) is -0.162. The zero-order valence-corrected chi connectivity index (χ0v) is 18.3. The van der Waals surface area contributed by atoms with E-state index in [1.54, 1.807) is 61.6 Å². The lowest BCUT2D eigenvalue weighted by Crippen LogP contribution is -2.28. The third-order valence-electron chi connectivity index (χ3n) is 4.94. The Morgan fingerprint density at radius 3 is 2.47 bits per heavy atom. The van der Waals surface area contributed by atoms with Gasteiger partial charge in [0.1, 0.15) is 12.4 Å². The van der Waals surface area contributed by atoms with Gasteiger partial charge >= 0.3 is 6.03 Å². The highest BCUT2D eigenvalue weighted by Gasteiger charge is 2.27. The Balaban J connectivity index is 1.73. The van der Waals surface area contributed by atoms with Crippen LogP contribution in [0.2, 0.25) is 10.0 Å². The second-order valence-corrected chi connectivity index (χ2v) is 7.82. The van der Waals surface area contributed by atoms with Crippen LogP contribution in [-0.2, 0) is 4.79 Å². The zero-order chi connectivity index (χ0) is 22.8. The van der Waals surface area contributed by atoms with E-state index in [9.17, 15) is 14.0 Å². The van der Waals surface area contributed by atoms with Gasteiger partial charge in [0, 0.05) is 28.9 Å². The van der Waals surface area contributed by atoms with Crippen molar-refractivity contribution in [3.63, 3.8) is 0 Å². The summed E-state index contributed by atoms with van der Waals surface area (Å²) in [4.78, 5) is 30.7. The number of urea groups is 1. The van der Waals surface area contributed by atoms with Crippen molar-refractivity contribution < 1.29 is 14.0 Å². The molecule has 1 heterocycles. The van der Waals surface area contributed by atoms with Gasteiger partial charge in [-0.3, -0.25) is 9.79 Å². The van der Waals surface area contributed by atoms with E-state index < -0.39 is 11.8 Å². The Labute approximate surface area is 193 Å². The molecule has 162 valence electrons. The number of carbonyl (C=O) groups is 2. The molecule has 3 aromatic carbocycles. The molecule has 0 fully saturated rings. The molecule has 4 rings (SSSR count). The van der Waals surface area contributed by atoms with Crippen LogP contribution < -0.4 is 15.5 Å². The van der Waals surface area contributed by atoms with Crippen LogP contribution in [0, 0.1) is 5.82 Å². The maximum Gasteiger partial charge on any atom is 0.323 e. The van der Waals surface area contributed by atoms with Crippen molar-refractivity contribution in [3.05, 3.63) is 87.7 Å². The van der Waals surface area contributed by atoms with Crippen LogP contribution in [0.1, 0.15) is 11.1 Å². The van der Waals surface area contributed by atoms with Crippen LogP contribution in [0.5, 0.6) is 0 Å². The molecule has 1 aliphatic rings. The minimum Gasteiger partial charge on any atom is -0.313 e. The molecular weight excluding hydrogens is 454 g/mol. The second-order valence-electron chi connectivity index (χ2n) is 7.00. The summed E-state index contributed by atoms with van der Waals surface area (Å²) in [6.07, 6.45) is 0. The number of hydrogen-bond acceptors (Lipinski definition) is 3. The summed E-state index contributed by atoms with van der Waals surface area (Å²) in [5, 5.41) is 6.05. The number of benzene rings is 3. The number of fused-ring (bicyclic) bond motifs is 1. The number of hydrogen-bond donors (Lipinski definition) is 2. The number of nitrogens with zero attached hydrogens (tertiary/aromatic N) is 2. The molecule has 9 heteroatoms. The third kappa shape index (κ3) is 4.30. The molecule has 32 heavy (non-hydrogen) atoms. The van der Waals surface area contributed by atoms with Crippen molar-refractivity contribution in [1.82, 2.24) is 0 Å².